The van der Waals surface area contributed by atoms with Gasteiger partial charge in [0.1, 0.15) is 24.0 Å². The molecule has 3 rings (SSSR count). The number of rotatable bonds is 15. The van der Waals surface area contributed by atoms with Crippen LogP contribution >= 0.6 is 11.8 Å². The number of carbonyl (C=O) groups excluding carboxylic acids is 2. The highest BCUT2D eigenvalue weighted by Gasteiger charge is 2.56. The molecule has 0 aromatic heterocycles. The lowest BCUT2D eigenvalue weighted by molar-refractivity contribution is -0.298. The molecule has 1 aliphatic heterocycles. The van der Waals surface area contributed by atoms with E-state index in [9.17, 15) is 39.7 Å². The van der Waals surface area contributed by atoms with E-state index >= 15 is 0 Å². The lowest BCUT2D eigenvalue weighted by Crippen LogP contribution is -2.67. The Kier molecular flexibility index (Phi) is 12.5. The van der Waals surface area contributed by atoms with E-state index in [1.165, 1.54) is 0 Å². The third-order valence-electron chi connectivity index (χ3n) is 6.93. The van der Waals surface area contributed by atoms with Crippen LogP contribution in [0.25, 0.3) is 11.1 Å². The lowest BCUT2D eigenvalue weighted by atomic mass is 9.87. The van der Waals surface area contributed by atoms with E-state index in [4.69, 9.17) is 9.47 Å². The van der Waals surface area contributed by atoms with Crippen molar-refractivity contribution >= 4 is 29.5 Å². The zero-order valence-electron chi connectivity index (χ0n) is 23.8. The molecule has 0 bridgehead atoms. The van der Waals surface area contributed by atoms with Crippen LogP contribution in [0.1, 0.15) is 37.0 Å². The van der Waals surface area contributed by atoms with Crippen molar-refractivity contribution in [1.82, 2.24) is 10.6 Å². The summed E-state index contributed by atoms with van der Waals surface area (Å²) in [6, 6.07) is 10.4. The SMILES string of the molecule is CCSCCCOC1(C(=O)O)CC(N=O)C(NC(C)=O)C(C(O)C(O)CNC(=O)c2ccc(-c3ccc(O)cc3)cc2)O1. The summed E-state index contributed by atoms with van der Waals surface area (Å²) in [6.45, 7) is 2.64. The molecular formula is C29H37N3O10S. The van der Waals surface area contributed by atoms with Crippen molar-refractivity contribution in [2.75, 3.05) is 24.7 Å². The number of benzene rings is 2. The number of ether oxygens (including phenoxy) is 2. The van der Waals surface area contributed by atoms with E-state index in [0.29, 0.717) is 12.2 Å². The van der Waals surface area contributed by atoms with Crippen molar-refractivity contribution in [3.8, 4) is 16.9 Å². The molecule has 13 nitrogen and oxygen atoms in total. The first-order chi connectivity index (χ1) is 20.5. The number of thioether (sulfide) groups is 1. The van der Waals surface area contributed by atoms with Gasteiger partial charge in [0.25, 0.3) is 11.7 Å². The van der Waals surface area contributed by atoms with Crippen LogP contribution in [-0.4, -0.2) is 99.0 Å². The highest BCUT2D eigenvalue weighted by molar-refractivity contribution is 7.99. The Bertz CT molecular complexity index is 1250. The lowest BCUT2D eigenvalue weighted by Gasteiger charge is -2.46. The number of aliphatic hydroxyl groups excluding tert-OH is 2. The molecule has 0 spiro atoms. The van der Waals surface area contributed by atoms with E-state index in [2.05, 4.69) is 15.8 Å². The fourth-order valence-corrected chi connectivity index (χ4v) is 5.31. The molecule has 1 heterocycles. The maximum Gasteiger partial charge on any atom is 0.364 e. The number of hydrogen-bond acceptors (Lipinski definition) is 11. The average Bonchev–Trinajstić information content (AvgIpc) is 2.99. The minimum Gasteiger partial charge on any atom is -0.508 e. The van der Waals surface area contributed by atoms with E-state index in [-0.39, 0.29) is 17.9 Å². The Hall–Kier alpha value is -3.56. The van der Waals surface area contributed by atoms with Gasteiger partial charge < -0.3 is 40.5 Å². The summed E-state index contributed by atoms with van der Waals surface area (Å²) in [5.41, 5.74) is 1.89. The maximum absolute atomic E-state index is 12.8. The summed E-state index contributed by atoms with van der Waals surface area (Å²) in [7, 11) is 0. The first-order valence-electron chi connectivity index (χ1n) is 13.8. The number of carbonyl (C=O) groups is 3. The molecule has 0 saturated carbocycles. The third kappa shape index (κ3) is 8.97. The minimum atomic E-state index is -2.36. The number of aliphatic carboxylic acids is 1. The van der Waals surface area contributed by atoms with Crippen LogP contribution in [0.3, 0.4) is 0 Å². The molecule has 0 aliphatic carbocycles. The highest BCUT2D eigenvalue weighted by Crippen LogP contribution is 2.35. The molecule has 2 aromatic carbocycles. The number of aliphatic hydroxyl groups is 2. The number of hydrogen-bond donors (Lipinski definition) is 6. The Morgan fingerprint density at radius 1 is 1.12 bits per heavy atom. The summed E-state index contributed by atoms with van der Waals surface area (Å²) in [5, 5.41) is 49.3. The summed E-state index contributed by atoms with van der Waals surface area (Å²) >= 11 is 1.63. The maximum atomic E-state index is 12.8. The molecule has 6 atom stereocenters. The normalized spacial score (nSPS) is 23.1. The summed E-state index contributed by atoms with van der Waals surface area (Å²) in [6.07, 6.45) is -5.23. The van der Waals surface area contributed by atoms with Gasteiger partial charge in [-0.1, -0.05) is 36.4 Å². The number of aromatic hydroxyl groups is 1. The predicted molar refractivity (Wildman–Crippen MR) is 159 cm³/mol. The molecule has 6 N–H and O–H groups in total. The van der Waals surface area contributed by atoms with Gasteiger partial charge in [0.05, 0.1) is 18.8 Å². The van der Waals surface area contributed by atoms with Crippen LogP contribution in [-0.2, 0) is 19.1 Å². The van der Waals surface area contributed by atoms with Gasteiger partial charge in [0, 0.05) is 25.5 Å². The van der Waals surface area contributed by atoms with Crippen molar-refractivity contribution in [2.45, 2.75) is 62.9 Å². The molecule has 0 radical (unpaired) electrons. The Labute approximate surface area is 252 Å². The first-order valence-corrected chi connectivity index (χ1v) is 14.9. The van der Waals surface area contributed by atoms with E-state index in [0.717, 1.165) is 23.8 Å². The second kappa shape index (κ2) is 15.8. The van der Waals surface area contributed by atoms with Gasteiger partial charge in [0.2, 0.25) is 5.91 Å². The van der Waals surface area contributed by atoms with Crippen molar-refractivity contribution in [2.24, 2.45) is 5.18 Å². The van der Waals surface area contributed by atoms with Crippen molar-refractivity contribution in [1.29, 1.82) is 0 Å². The molecule has 6 unspecified atom stereocenters. The van der Waals surface area contributed by atoms with Crippen LogP contribution in [0.5, 0.6) is 5.75 Å². The summed E-state index contributed by atoms with van der Waals surface area (Å²) < 4.78 is 11.4. The molecule has 14 heteroatoms. The number of amides is 2. The average molecular weight is 620 g/mol. The molecule has 43 heavy (non-hydrogen) atoms. The fourth-order valence-electron chi connectivity index (χ4n) is 4.70. The van der Waals surface area contributed by atoms with Crippen molar-refractivity contribution in [3.05, 3.63) is 59.0 Å². The number of phenols is 1. The fraction of sp³-hybridized carbons (Fsp3) is 0.483. The van der Waals surface area contributed by atoms with Crippen LogP contribution < -0.4 is 10.6 Å². The van der Waals surface area contributed by atoms with Gasteiger partial charge in [-0.2, -0.15) is 16.7 Å². The van der Waals surface area contributed by atoms with Crippen molar-refractivity contribution < 1.29 is 44.3 Å². The van der Waals surface area contributed by atoms with Gasteiger partial charge in [0.15, 0.2) is 0 Å². The number of phenolic OH excluding ortho intramolecular Hbond substituents is 1. The topological polar surface area (TPSA) is 204 Å². The van der Waals surface area contributed by atoms with E-state index in [1.54, 1.807) is 60.3 Å². The Balaban J connectivity index is 1.72. The number of carboxylic acids is 1. The number of carboxylic acid groups (broad SMARTS) is 1. The monoisotopic (exact) mass is 619 g/mol. The zero-order chi connectivity index (χ0) is 31.6. The molecule has 1 saturated heterocycles. The van der Waals surface area contributed by atoms with Gasteiger partial charge in [-0.25, -0.2) is 4.79 Å². The van der Waals surface area contributed by atoms with Crippen LogP contribution in [0, 0.1) is 4.91 Å². The Morgan fingerprint density at radius 2 is 1.74 bits per heavy atom. The van der Waals surface area contributed by atoms with Gasteiger partial charge >= 0.3 is 5.97 Å². The molecular weight excluding hydrogens is 582 g/mol. The molecule has 1 aliphatic rings. The summed E-state index contributed by atoms with van der Waals surface area (Å²) in [5.74, 6) is -3.39. The quantitative estimate of drug-likeness (QED) is 0.125. The van der Waals surface area contributed by atoms with Crippen LogP contribution in [0.2, 0.25) is 0 Å². The molecule has 2 aromatic rings. The predicted octanol–water partition coefficient (Wildman–Crippen LogP) is 1.88. The highest BCUT2D eigenvalue weighted by atomic mass is 32.2. The van der Waals surface area contributed by atoms with Crippen LogP contribution in [0.15, 0.2) is 53.7 Å². The second-order valence-electron chi connectivity index (χ2n) is 10.0. The van der Waals surface area contributed by atoms with Crippen molar-refractivity contribution in [3.63, 3.8) is 0 Å². The largest absolute Gasteiger partial charge is 0.508 e. The number of nitrogens with zero attached hydrogens (tertiary/aromatic N) is 1. The summed E-state index contributed by atoms with van der Waals surface area (Å²) in [4.78, 5) is 48.8. The smallest absolute Gasteiger partial charge is 0.364 e. The third-order valence-corrected chi connectivity index (χ3v) is 7.91. The van der Waals surface area contributed by atoms with E-state index in [1.807, 2.05) is 6.92 Å². The van der Waals surface area contributed by atoms with Gasteiger partial charge in [-0.3, -0.25) is 9.59 Å². The standard InChI is InChI=1S/C29H37N3O10S/c1-3-43-14-4-13-41-29(28(38)39)15-22(32-40)24(31-17(2)33)26(42-29)25(36)23(35)16-30-27(37)20-7-5-18(6-8-20)19-9-11-21(34)12-10-19/h5-12,22-26,34-36H,3-4,13-16H2,1-2H3,(H,30,37)(H,31,33)(H,38,39). The molecule has 1 fully saturated rings. The zero-order valence-corrected chi connectivity index (χ0v) is 24.7. The Morgan fingerprint density at radius 3 is 2.30 bits per heavy atom. The van der Waals surface area contributed by atoms with Gasteiger partial charge in [-0.15, -0.1) is 0 Å². The second-order valence-corrected chi connectivity index (χ2v) is 11.4. The van der Waals surface area contributed by atoms with Gasteiger partial charge in [-0.05, 0) is 53.3 Å². The minimum absolute atomic E-state index is 0.0252. The first kappa shape index (κ1) is 33.9. The molecule has 2 amide bonds. The van der Waals surface area contributed by atoms with Crippen LogP contribution in [0.4, 0.5) is 0 Å². The number of nitroso groups, excluding NO2 is 1. The molecule has 234 valence electrons. The van der Waals surface area contributed by atoms with E-state index < -0.39 is 66.9 Å². The number of nitrogens with one attached hydrogen (secondary N) is 2.